The standard InChI is InChI=1S/C10H14N6OS/c1-5(2)16-9(17)14-15-10(16)18-7-4-3-6(11)8(12)13-7/h3-5H,11H2,1-2H3,(H2,12,13)(H,14,17). The second-order valence-electron chi connectivity index (χ2n) is 4.00. The molecule has 0 amide bonds. The van der Waals surface area contributed by atoms with Gasteiger partial charge in [0.1, 0.15) is 10.8 Å². The highest BCUT2D eigenvalue weighted by atomic mass is 32.2. The van der Waals surface area contributed by atoms with Gasteiger partial charge in [-0.3, -0.25) is 4.57 Å². The van der Waals surface area contributed by atoms with Crippen molar-refractivity contribution in [2.45, 2.75) is 30.1 Å². The molecule has 5 N–H and O–H groups in total. The predicted octanol–water partition coefficient (Wildman–Crippen LogP) is 0.863. The third-order valence-electron chi connectivity index (χ3n) is 2.32. The number of nitrogens with two attached hydrogens (primary N) is 2. The quantitative estimate of drug-likeness (QED) is 0.759. The first kappa shape index (κ1) is 12.5. The Balaban J connectivity index is 2.34. The van der Waals surface area contributed by atoms with Crippen LogP contribution in [0.25, 0.3) is 0 Å². The summed E-state index contributed by atoms with van der Waals surface area (Å²) in [5, 5.41) is 7.57. The van der Waals surface area contributed by atoms with Crippen molar-refractivity contribution in [1.82, 2.24) is 19.7 Å². The largest absolute Gasteiger partial charge is 0.396 e. The van der Waals surface area contributed by atoms with Crippen LogP contribution in [0, 0.1) is 0 Å². The van der Waals surface area contributed by atoms with Crippen LogP contribution in [0.15, 0.2) is 27.1 Å². The van der Waals surface area contributed by atoms with Gasteiger partial charge >= 0.3 is 5.69 Å². The van der Waals surface area contributed by atoms with E-state index >= 15 is 0 Å². The fraction of sp³-hybridized carbons (Fsp3) is 0.300. The van der Waals surface area contributed by atoms with E-state index in [-0.39, 0.29) is 17.5 Å². The molecule has 2 aromatic heterocycles. The Morgan fingerprint density at radius 3 is 2.72 bits per heavy atom. The Kier molecular flexibility index (Phi) is 3.28. The molecule has 2 heterocycles. The van der Waals surface area contributed by atoms with Crippen molar-refractivity contribution in [3.05, 3.63) is 22.6 Å². The Labute approximate surface area is 108 Å². The van der Waals surface area contributed by atoms with Gasteiger partial charge < -0.3 is 11.5 Å². The lowest BCUT2D eigenvalue weighted by Crippen LogP contribution is -2.19. The number of hydrogen-bond acceptors (Lipinski definition) is 6. The summed E-state index contributed by atoms with van der Waals surface area (Å²) >= 11 is 1.26. The average Bonchev–Trinajstić information content (AvgIpc) is 2.65. The number of aromatic amines is 1. The van der Waals surface area contributed by atoms with Crippen molar-refractivity contribution >= 4 is 23.3 Å². The first-order valence-electron chi connectivity index (χ1n) is 5.35. The van der Waals surface area contributed by atoms with Crippen molar-refractivity contribution in [2.75, 3.05) is 11.5 Å². The molecule has 96 valence electrons. The number of nitrogen functional groups attached to an aromatic ring is 2. The van der Waals surface area contributed by atoms with Crippen LogP contribution in [0.1, 0.15) is 19.9 Å². The fourth-order valence-electron chi connectivity index (χ4n) is 1.43. The van der Waals surface area contributed by atoms with E-state index in [0.717, 1.165) is 0 Å². The average molecular weight is 266 g/mol. The van der Waals surface area contributed by atoms with Gasteiger partial charge in [-0.25, -0.2) is 14.9 Å². The molecule has 0 fully saturated rings. The number of H-pyrrole nitrogens is 1. The maximum atomic E-state index is 11.6. The molecule has 0 radical (unpaired) electrons. The zero-order valence-electron chi connectivity index (χ0n) is 10.0. The van der Waals surface area contributed by atoms with Gasteiger partial charge in [0.05, 0.1) is 5.69 Å². The summed E-state index contributed by atoms with van der Waals surface area (Å²) in [5.74, 6) is 0.272. The molecule has 0 spiro atoms. The molecule has 0 saturated carbocycles. The number of nitrogens with zero attached hydrogens (tertiary/aromatic N) is 3. The van der Waals surface area contributed by atoms with E-state index in [1.807, 2.05) is 13.8 Å². The summed E-state index contributed by atoms with van der Waals surface area (Å²) in [6.07, 6.45) is 0. The van der Waals surface area contributed by atoms with Crippen LogP contribution in [-0.2, 0) is 0 Å². The van der Waals surface area contributed by atoms with E-state index in [1.54, 1.807) is 16.7 Å². The molecule has 0 aliphatic carbocycles. The van der Waals surface area contributed by atoms with Crippen molar-refractivity contribution in [1.29, 1.82) is 0 Å². The Bertz CT molecular complexity index is 617. The zero-order valence-corrected chi connectivity index (χ0v) is 10.9. The van der Waals surface area contributed by atoms with Crippen LogP contribution < -0.4 is 17.2 Å². The maximum absolute atomic E-state index is 11.6. The van der Waals surface area contributed by atoms with Gasteiger partial charge in [0.25, 0.3) is 0 Å². The van der Waals surface area contributed by atoms with E-state index < -0.39 is 0 Å². The molecule has 0 aromatic carbocycles. The zero-order chi connectivity index (χ0) is 13.3. The Morgan fingerprint density at radius 1 is 1.39 bits per heavy atom. The topological polar surface area (TPSA) is 116 Å². The van der Waals surface area contributed by atoms with E-state index in [4.69, 9.17) is 11.5 Å². The molecule has 2 rings (SSSR count). The lowest BCUT2D eigenvalue weighted by molar-refractivity contribution is 0.534. The SMILES string of the molecule is CC(C)n1c(Sc2ccc(N)c(N)n2)n[nH]c1=O. The maximum Gasteiger partial charge on any atom is 0.344 e. The lowest BCUT2D eigenvalue weighted by Gasteiger charge is -2.08. The molecular formula is C10H14N6OS. The van der Waals surface area contributed by atoms with Gasteiger partial charge in [-0.2, -0.15) is 0 Å². The van der Waals surface area contributed by atoms with Crippen LogP contribution >= 0.6 is 11.8 Å². The fourth-order valence-corrected chi connectivity index (χ4v) is 2.39. The summed E-state index contributed by atoms with van der Waals surface area (Å²) in [4.78, 5) is 15.7. The van der Waals surface area contributed by atoms with Gasteiger partial charge in [-0.15, -0.1) is 5.10 Å². The van der Waals surface area contributed by atoms with Crippen LogP contribution in [0.5, 0.6) is 0 Å². The minimum absolute atomic E-state index is 0.0184. The molecular weight excluding hydrogens is 252 g/mol. The normalized spacial score (nSPS) is 11.1. The number of nitrogens with one attached hydrogen (secondary N) is 1. The molecule has 0 bridgehead atoms. The van der Waals surface area contributed by atoms with Crippen molar-refractivity contribution in [3.8, 4) is 0 Å². The molecule has 7 nitrogen and oxygen atoms in total. The van der Waals surface area contributed by atoms with E-state index in [1.165, 1.54) is 11.8 Å². The van der Waals surface area contributed by atoms with Gasteiger partial charge in [0.15, 0.2) is 5.16 Å². The molecule has 0 aliphatic heterocycles. The lowest BCUT2D eigenvalue weighted by atomic mass is 10.4. The predicted molar refractivity (Wildman–Crippen MR) is 70.4 cm³/mol. The smallest absolute Gasteiger partial charge is 0.344 e. The Hall–Kier alpha value is -1.96. The number of hydrogen-bond donors (Lipinski definition) is 3. The Morgan fingerprint density at radius 2 is 2.11 bits per heavy atom. The first-order valence-corrected chi connectivity index (χ1v) is 6.17. The van der Waals surface area contributed by atoms with Crippen LogP contribution in [0.2, 0.25) is 0 Å². The number of rotatable bonds is 3. The van der Waals surface area contributed by atoms with Gasteiger partial charge in [-0.1, -0.05) is 0 Å². The second-order valence-corrected chi connectivity index (χ2v) is 4.99. The molecule has 2 aromatic rings. The van der Waals surface area contributed by atoms with Gasteiger partial charge in [0.2, 0.25) is 0 Å². The van der Waals surface area contributed by atoms with Crippen molar-refractivity contribution in [2.24, 2.45) is 0 Å². The summed E-state index contributed by atoms with van der Waals surface area (Å²) in [5.41, 5.74) is 11.4. The monoisotopic (exact) mass is 266 g/mol. The number of pyridine rings is 1. The van der Waals surface area contributed by atoms with E-state index in [0.29, 0.717) is 15.9 Å². The highest BCUT2D eigenvalue weighted by Gasteiger charge is 2.13. The number of aromatic nitrogens is 4. The van der Waals surface area contributed by atoms with Gasteiger partial charge in [0, 0.05) is 6.04 Å². The van der Waals surface area contributed by atoms with Gasteiger partial charge in [-0.05, 0) is 37.7 Å². The molecule has 18 heavy (non-hydrogen) atoms. The molecule has 0 atom stereocenters. The highest BCUT2D eigenvalue weighted by molar-refractivity contribution is 7.99. The minimum atomic E-state index is -0.240. The third kappa shape index (κ3) is 2.33. The summed E-state index contributed by atoms with van der Waals surface area (Å²) in [7, 11) is 0. The van der Waals surface area contributed by atoms with Crippen molar-refractivity contribution < 1.29 is 0 Å². The highest BCUT2D eigenvalue weighted by Crippen LogP contribution is 2.26. The number of anilines is 2. The van der Waals surface area contributed by atoms with Crippen LogP contribution in [-0.4, -0.2) is 19.7 Å². The van der Waals surface area contributed by atoms with E-state index in [2.05, 4.69) is 15.2 Å². The molecule has 0 saturated heterocycles. The first-order chi connectivity index (χ1) is 8.49. The molecule has 8 heteroatoms. The van der Waals surface area contributed by atoms with Crippen LogP contribution in [0.4, 0.5) is 11.5 Å². The summed E-state index contributed by atoms with van der Waals surface area (Å²) in [6.45, 7) is 3.82. The van der Waals surface area contributed by atoms with Crippen LogP contribution in [0.3, 0.4) is 0 Å². The van der Waals surface area contributed by atoms with E-state index in [9.17, 15) is 4.79 Å². The summed E-state index contributed by atoms with van der Waals surface area (Å²) < 4.78 is 1.55. The van der Waals surface area contributed by atoms with Crippen molar-refractivity contribution in [3.63, 3.8) is 0 Å². The third-order valence-corrected chi connectivity index (χ3v) is 3.22. The molecule has 0 unspecified atom stereocenters. The summed E-state index contributed by atoms with van der Waals surface area (Å²) in [6, 6.07) is 3.43. The second kappa shape index (κ2) is 4.73. The molecule has 0 aliphatic rings. The minimum Gasteiger partial charge on any atom is -0.396 e.